The van der Waals surface area contributed by atoms with Gasteiger partial charge in [0.1, 0.15) is 11.1 Å². The Kier molecular flexibility index (Phi) is 3.94. The van der Waals surface area contributed by atoms with Crippen LogP contribution in [-0.4, -0.2) is 41.1 Å². The number of fused-ring (bicyclic) bond motifs is 1. The number of aryl methyl sites for hydroxylation is 1. The van der Waals surface area contributed by atoms with Gasteiger partial charge in [0.05, 0.1) is 11.4 Å². The van der Waals surface area contributed by atoms with E-state index in [1.54, 1.807) is 4.90 Å². The van der Waals surface area contributed by atoms with Crippen LogP contribution in [0.2, 0.25) is 0 Å². The van der Waals surface area contributed by atoms with Crippen LogP contribution < -0.4 is 10.6 Å². The number of rotatable bonds is 0. The van der Waals surface area contributed by atoms with Gasteiger partial charge in [-0.25, -0.2) is 4.79 Å². The quantitative estimate of drug-likeness (QED) is 0.766. The summed E-state index contributed by atoms with van der Waals surface area (Å²) in [7, 11) is 0. The van der Waals surface area contributed by atoms with Crippen molar-refractivity contribution < 1.29 is 14.3 Å². The van der Waals surface area contributed by atoms with Crippen molar-refractivity contribution in [2.75, 3.05) is 23.7 Å². The first-order chi connectivity index (χ1) is 11.2. The lowest BCUT2D eigenvalue weighted by atomic mass is 9.84. The molecule has 3 rings (SSSR count). The highest BCUT2D eigenvalue weighted by atomic mass is 16.6. The fourth-order valence-electron chi connectivity index (χ4n) is 3.18. The van der Waals surface area contributed by atoms with Crippen LogP contribution in [0.4, 0.5) is 16.2 Å². The Bertz CT molecular complexity index is 671. The molecule has 0 radical (unpaired) electrons. The minimum Gasteiger partial charge on any atom is -0.444 e. The first-order valence-corrected chi connectivity index (χ1v) is 8.37. The van der Waals surface area contributed by atoms with Crippen LogP contribution >= 0.6 is 0 Å². The van der Waals surface area contributed by atoms with Crippen molar-refractivity contribution in [2.45, 2.75) is 51.7 Å². The van der Waals surface area contributed by atoms with Crippen LogP contribution in [0.3, 0.4) is 0 Å². The average Bonchev–Trinajstić information content (AvgIpc) is 2.48. The van der Waals surface area contributed by atoms with Crippen molar-refractivity contribution in [1.29, 1.82) is 0 Å². The highest BCUT2D eigenvalue weighted by molar-refractivity contribution is 6.06. The molecule has 1 spiro atoms. The van der Waals surface area contributed by atoms with Crippen LogP contribution in [0.25, 0.3) is 0 Å². The summed E-state index contributed by atoms with van der Waals surface area (Å²) in [6, 6.07) is 5.93. The molecule has 2 aliphatic heterocycles. The molecule has 0 bridgehead atoms. The Hall–Kier alpha value is -2.24. The second-order valence-corrected chi connectivity index (χ2v) is 7.68. The van der Waals surface area contributed by atoms with Gasteiger partial charge in [0.25, 0.3) is 0 Å². The van der Waals surface area contributed by atoms with Gasteiger partial charge < -0.3 is 20.3 Å². The van der Waals surface area contributed by atoms with E-state index in [1.165, 1.54) is 0 Å². The van der Waals surface area contributed by atoms with Gasteiger partial charge in [-0.05, 0) is 58.2 Å². The van der Waals surface area contributed by atoms with E-state index in [0.29, 0.717) is 25.9 Å². The SMILES string of the molecule is Cc1ccc2c(c1)NC1(CCN(C(=O)OC(C)(C)C)CC1)C(=O)N2. The normalized spacial score (nSPS) is 19.3. The molecule has 6 heteroatoms. The molecule has 1 aromatic rings. The number of piperidine rings is 1. The molecule has 2 aliphatic rings. The lowest BCUT2D eigenvalue weighted by Gasteiger charge is -2.44. The number of carbonyl (C=O) groups excluding carboxylic acids is 2. The van der Waals surface area contributed by atoms with Crippen LogP contribution in [0.1, 0.15) is 39.2 Å². The number of nitrogens with one attached hydrogen (secondary N) is 2. The second-order valence-electron chi connectivity index (χ2n) is 7.68. The predicted octanol–water partition coefficient (Wildman–Crippen LogP) is 3.13. The number of nitrogens with zero attached hydrogens (tertiary/aromatic N) is 1. The average molecular weight is 331 g/mol. The maximum absolute atomic E-state index is 12.6. The summed E-state index contributed by atoms with van der Waals surface area (Å²) >= 11 is 0. The van der Waals surface area contributed by atoms with Crippen molar-refractivity contribution in [3.63, 3.8) is 0 Å². The highest BCUT2D eigenvalue weighted by Gasteiger charge is 2.45. The minimum atomic E-state index is -0.653. The Morgan fingerprint density at radius 2 is 1.88 bits per heavy atom. The summed E-state index contributed by atoms with van der Waals surface area (Å²) in [4.78, 5) is 26.5. The Labute approximate surface area is 142 Å². The lowest BCUT2D eigenvalue weighted by Crippen LogP contribution is -2.59. The Balaban J connectivity index is 1.71. The van der Waals surface area contributed by atoms with Gasteiger partial charge in [0, 0.05) is 13.1 Å². The second kappa shape index (κ2) is 5.69. The van der Waals surface area contributed by atoms with Crippen LogP contribution in [0.15, 0.2) is 18.2 Å². The van der Waals surface area contributed by atoms with E-state index in [0.717, 1.165) is 16.9 Å². The molecule has 1 aromatic carbocycles. The van der Waals surface area contributed by atoms with E-state index >= 15 is 0 Å². The molecule has 0 unspecified atom stereocenters. The third kappa shape index (κ3) is 3.18. The monoisotopic (exact) mass is 331 g/mol. The zero-order valence-electron chi connectivity index (χ0n) is 14.7. The number of hydrogen-bond donors (Lipinski definition) is 2. The smallest absolute Gasteiger partial charge is 0.410 e. The third-order valence-corrected chi connectivity index (χ3v) is 4.50. The summed E-state index contributed by atoms with van der Waals surface area (Å²) in [5.41, 5.74) is 1.73. The Morgan fingerprint density at radius 1 is 1.21 bits per heavy atom. The molecule has 2 N–H and O–H groups in total. The van der Waals surface area contributed by atoms with Crippen molar-refractivity contribution in [1.82, 2.24) is 4.90 Å². The molecular weight excluding hydrogens is 306 g/mol. The van der Waals surface area contributed by atoms with Crippen LogP contribution in [0, 0.1) is 6.92 Å². The van der Waals surface area contributed by atoms with Gasteiger partial charge in [-0.15, -0.1) is 0 Å². The number of carbonyl (C=O) groups is 2. The molecule has 130 valence electrons. The standard InChI is InChI=1S/C18H25N3O3/c1-12-5-6-13-14(11-12)20-18(15(22)19-13)7-9-21(10-8-18)16(23)24-17(2,3)4/h5-6,11,20H,7-10H2,1-4H3,(H,19,22). The van der Waals surface area contributed by atoms with Crippen molar-refractivity contribution in [3.8, 4) is 0 Å². The summed E-state index contributed by atoms with van der Waals surface area (Å²) in [5.74, 6) is -0.0253. The molecule has 24 heavy (non-hydrogen) atoms. The molecule has 2 heterocycles. The summed E-state index contributed by atoms with van der Waals surface area (Å²) < 4.78 is 5.42. The van der Waals surface area contributed by atoms with Crippen LogP contribution in [0.5, 0.6) is 0 Å². The lowest BCUT2D eigenvalue weighted by molar-refractivity contribution is -0.122. The highest BCUT2D eigenvalue weighted by Crippen LogP contribution is 2.37. The van der Waals surface area contributed by atoms with E-state index in [9.17, 15) is 9.59 Å². The number of hydrogen-bond acceptors (Lipinski definition) is 4. The molecule has 2 amide bonds. The van der Waals surface area contributed by atoms with Gasteiger partial charge >= 0.3 is 6.09 Å². The minimum absolute atomic E-state index is 0.0253. The molecular formula is C18H25N3O3. The summed E-state index contributed by atoms with van der Waals surface area (Å²) in [6.07, 6.45) is 0.807. The van der Waals surface area contributed by atoms with E-state index in [4.69, 9.17) is 4.74 Å². The molecule has 0 saturated carbocycles. The number of ether oxygens (including phenoxy) is 1. The Morgan fingerprint density at radius 3 is 2.50 bits per heavy atom. The van der Waals surface area contributed by atoms with Crippen molar-refractivity contribution >= 4 is 23.4 Å². The van der Waals surface area contributed by atoms with E-state index in [-0.39, 0.29) is 12.0 Å². The zero-order chi connectivity index (χ0) is 17.5. The molecule has 0 atom stereocenters. The molecule has 1 fully saturated rings. The molecule has 0 aromatic heterocycles. The zero-order valence-corrected chi connectivity index (χ0v) is 14.7. The number of anilines is 2. The maximum atomic E-state index is 12.6. The third-order valence-electron chi connectivity index (χ3n) is 4.50. The first kappa shape index (κ1) is 16.6. The fraction of sp³-hybridized carbons (Fsp3) is 0.556. The van der Waals surface area contributed by atoms with E-state index < -0.39 is 11.1 Å². The van der Waals surface area contributed by atoms with E-state index in [1.807, 2.05) is 45.9 Å². The van der Waals surface area contributed by atoms with Gasteiger partial charge in [-0.2, -0.15) is 0 Å². The van der Waals surface area contributed by atoms with Gasteiger partial charge in [0.2, 0.25) is 5.91 Å². The summed E-state index contributed by atoms with van der Waals surface area (Å²) in [6.45, 7) is 8.58. The van der Waals surface area contributed by atoms with Crippen LogP contribution in [-0.2, 0) is 9.53 Å². The molecule has 0 aliphatic carbocycles. The molecule has 1 saturated heterocycles. The van der Waals surface area contributed by atoms with Gasteiger partial charge in [0.15, 0.2) is 0 Å². The maximum Gasteiger partial charge on any atom is 0.410 e. The number of likely N-dealkylation sites (tertiary alicyclic amines) is 1. The van der Waals surface area contributed by atoms with Crippen molar-refractivity contribution in [3.05, 3.63) is 23.8 Å². The number of benzene rings is 1. The van der Waals surface area contributed by atoms with Gasteiger partial charge in [-0.1, -0.05) is 6.07 Å². The topological polar surface area (TPSA) is 70.7 Å². The largest absolute Gasteiger partial charge is 0.444 e. The number of amides is 2. The first-order valence-electron chi connectivity index (χ1n) is 8.37. The van der Waals surface area contributed by atoms with Gasteiger partial charge in [-0.3, -0.25) is 4.79 Å². The van der Waals surface area contributed by atoms with Crippen molar-refractivity contribution in [2.24, 2.45) is 0 Å². The molecule has 6 nitrogen and oxygen atoms in total. The predicted molar refractivity (Wildman–Crippen MR) is 93.2 cm³/mol. The fourth-order valence-corrected chi connectivity index (χ4v) is 3.18. The summed E-state index contributed by atoms with van der Waals surface area (Å²) in [5, 5.41) is 6.41. The van der Waals surface area contributed by atoms with E-state index in [2.05, 4.69) is 10.6 Å².